The predicted octanol–water partition coefficient (Wildman–Crippen LogP) is 3.34. The van der Waals surface area contributed by atoms with Gasteiger partial charge in [-0.15, -0.1) is 0 Å². The molecule has 2 aromatic rings. The largest absolute Gasteiger partial charge is 0.462 e. The predicted molar refractivity (Wildman–Crippen MR) is 92.5 cm³/mol. The molecular weight excluding hydrogens is 350 g/mol. The minimum Gasteiger partial charge on any atom is -0.462 e. The summed E-state index contributed by atoms with van der Waals surface area (Å²) in [5, 5.41) is 0.553. The van der Waals surface area contributed by atoms with E-state index in [1.54, 1.807) is 25.1 Å². The molecule has 0 N–H and O–H groups in total. The summed E-state index contributed by atoms with van der Waals surface area (Å²) in [5.74, 6) is -0.478. The van der Waals surface area contributed by atoms with E-state index in [0.717, 1.165) is 5.56 Å². The van der Waals surface area contributed by atoms with Gasteiger partial charge in [-0.25, -0.2) is 13.2 Å². The summed E-state index contributed by atoms with van der Waals surface area (Å²) in [6, 6.07) is 12.7. The second-order valence-corrected chi connectivity index (χ2v) is 7.62. The molecule has 0 saturated carbocycles. The van der Waals surface area contributed by atoms with Gasteiger partial charge < -0.3 is 4.74 Å². The topological polar surface area (TPSA) is 63.7 Å². The van der Waals surface area contributed by atoms with Crippen molar-refractivity contribution in [1.82, 2.24) is 4.31 Å². The number of esters is 1. The molecule has 0 aliphatic heterocycles. The first-order chi connectivity index (χ1) is 11.3. The molecule has 0 heterocycles. The fourth-order valence-corrected chi connectivity index (χ4v) is 3.51. The normalized spacial score (nSPS) is 11.5. The van der Waals surface area contributed by atoms with E-state index in [2.05, 4.69) is 0 Å². The zero-order valence-electron chi connectivity index (χ0n) is 13.4. The standard InChI is InChI=1S/C17H18ClNO4S/c1-3-23-17(20)14-7-9-16(10-8-14)24(21,22)19(2)12-13-5-4-6-15(18)11-13/h4-11H,3,12H2,1-2H3. The molecule has 0 saturated heterocycles. The summed E-state index contributed by atoms with van der Waals surface area (Å²) >= 11 is 5.92. The average Bonchev–Trinajstić information content (AvgIpc) is 2.55. The first kappa shape index (κ1) is 18.4. The van der Waals surface area contributed by atoms with Crippen LogP contribution in [0.2, 0.25) is 5.02 Å². The van der Waals surface area contributed by atoms with Gasteiger partial charge >= 0.3 is 5.97 Å². The SMILES string of the molecule is CCOC(=O)c1ccc(S(=O)(=O)N(C)Cc2cccc(Cl)c2)cc1. The van der Waals surface area contributed by atoms with Crippen LogP contribution in [0.25, 0.3) is 0 Å². The summed E-state index contributed by atoms with van der Waals surface area (Å²) in [5.41, 5.74) is 1.10. The Morgan fingerprint density at radius 3 is 2.42 bits per heavy atom. The van der Waals surface area contributed by atoms with Crippen molar-refractivity contribution in [3.8, 4) is 0 Å². The molecule has 128 valence electrons. The minimum atomic E-state index is -3.67. The van der Waals surface area contributed by atoms with Crippen LogP contribution >= 0.6 is 11.6 Å². The van der Waals surface area contributed by atoms with Gasteiger partial charge in [-0.05, 0) is 48.9 Å². The minimum absolute atomic E-state index is 0.111. The Morgan fingerprint density at radius 2 is 1.83 bits per heavy atom. The number of carbonyl (C=O) groups is 1. The van der Waals surface area contributed by atoms with Crippen molar-refractivity contribution in [2.75, 3.05) is 13.7 Å². The summed E-state index contributed by atoms with van der Waals surface area (Å²) < 4.78 is 31.3. The lowest BCUT2D eigenvalue weighted by Crippen LogP contribution is -2.26. The molecule has 0 bridgehead atoms. The molecule has 0 aliphatic rings. The van der Waals surface area contributed by atoms with Gasteiger partial charge in [0.25, 0.3) is 0 Å². The number of hydrogen-bond donors (Lipinski definition) is 0. The van der Waals surface area contributed by atoms with E-state index in [-0.39, 0.29) is 18.0 Å². The second kappa shape index (κ2) is 7.79. The van der Waals surface area contributed by atoms with E-state index >= 15 is 0 Å². The van der Waals surface area contributed by atoms with Crippen LogP contribution in [0.15, 0.2) is 53.4 Å². The molecule has 0 fully saturated rings. The number of rotatable bonds is 6. The van der Waals surface area contributed by atoms with Crippen LogP contribution in [0.5, 0.6) is 0 Å². The Kier molecular flexibility index (Phi) is 5.99. The molecule has 2 rings (SSSR count). The maximum Gasteiger partial charge on any atom is 0.338 e. The highest BCUT2D eigenvalue weighted by Gasteiger charge is 2.21. The third-order valence-corrected chi connectivity index (χ3v) is 5.42. The molecule has 0 aliphatic carbocycles. The van der Waals surface area contributed by atoms with Crippen molar-refractivity contribution in [3.05, 3.63) is 64.7 Å². The Balaban J connectivity index is 2.18. The molecule has 0 atom stereocenters. The smallest absolute Gasteiger partial charge is 0.338 e. The lowest BCUT2D eigenvalue weighted by atomic mass is 10.2. The van der Waals surface area contributed by atoms with Crippen LogP contribution in [0.1, 0.15) is 22.8 Å². The fraction of sp³-hybridized carbons (Fsp3) is 0.235. The van der Waals surface area contributed by atoms with Gasteiger partial charge in [0, 0.05) is 18.6 Å². The van der Waals surface area contributed by atoms with Crippen LogP contribution in [0, 0.1) is 0 Å². The van der Waals surface area contributed by atoms with Gasteiger partial charge in [-0.3, -0.25) is 0 Å². The Bertz CT molecular complexity index is 819. The highest BCUT2D eigenvalue weighted by molar-refractivity contribution is 7.89. The fourth-order valence-electron chi connectivity index (χ4n) is 2.13. The lowest BCUT2D eigenvalue weighted by molar-refractivity contribution is 0.0526. The van der Waals surface area contributed by atoms with Crippen molar-refractivity contribution in [2.24, 2.45) is 0 Å². The van der Waals surface area contributed by atoms with Crippen LogP contribution in [0.3, 0.4) is 0 Å². The molecule has 24 heavy (non-hydrogen) atoms. The second-order valence-electron chi connectivity index (χ2n) is 5.14. The van der Waals surface area contributed by atoms with Gasteiger partial charge in [-0.1, -0.05) is 23.7 Å². The summed E-state index contributed by atoms with van der Waals surface area (Å²) in [6.07, 6.45) is 0. The average molecular weight is 368 g/mol. The van der Waals surface area contributed by atoms with E-state index in [9.17, 15) is 13.2 Å². The molecule has 2 aromatic carbocycles. The molecule has 0 amide bonds. The molecular formula is C17H18ClNO4S. The maximum atomic E-state index is 12.6. The first-order valence-corrected chi connectivity index (χ1v) is 9.14. The van der Waals surface area contributed by atoms with Crippen molar-refractivity contribution in [1.29, 1.82) is 0 Å². The van der Waals surface area contributed by atoms with Gasteiger partial charge in [-0.2, -0.15) is 4.31 Å². The Labute approximate surface area is 146 Å². The quantitative estimate of drug-likeness (QED) is 0.734. The molecule has 0 unspecified atom stereocenters. The van der Waals surface area contributed by atoms with Gasteiger partial charge in [0.2, 0.25) is 10.0 Å². The molecule has 0 aromatic heterocycles. The first-order valence-electron chi connectivity index (χ1n) is 7.32. The van der Waals surface area contributed by atoms with Crippen LogP contribution < -0.4 is 0 Å². The van der Waals surface area contributed by atoms with E-state index in [1.165, 1.54) is 35.6 Å². The number of ether oxygens (including phenoxy) is 1. The third-order valence-electron chi connectivity index (χ3n) is 3.37. The van der Waals surface area contributed by atoms with Crippen molar-refractivity contribution in [2.45, 2.75) is 18.4 Å². The van der Waals surface area contributed by atoms with Crippen LogP contribution in [-0.4, -0.2) is 32.3 Å². The van der Waals surface area contributed by atoms with Crippen molar-refractivity contribution in [3.63, 3.8) is 0 Å². The van der Waals surface area contributed by atoms with Gasteiger partial charge in [0.05, 0.1) is 17.1 Å². The number of sulfonamides is 1. The number of nitrogens with zero attached hydrogens (tertiary/aromatic N) is 1. The molecule has 0 spiro atoms. The van der Waals surface area contributed by atoms with Gasteiger partial charge in [0.1, 0.15) is 0 Å². The van der Waals surface area contributed by atoms with Crippen LogP contribution in [0.4, 0.5) is 0 Å². The van der Waals surface area contributed by atoms with E-state index in [1.807, 2.05) is 6.07 Å². The monoisotopic (exact) mass is 367 g/mol. The van der Waals surface area contributed by atoms with Crippen molar-refractivity contribution < 1.29 is 17.9 Å². The summed E-state index contributed by atoms with van der Waals surface area (Å²) in [7, 11) is -2.17. The van der Waals surface area contributed by atoms with Crippen LogP contribution in [-0.2, 0) is 21.3 Å². The number of halogens is 1. The summed E-state index contributed by atoms with van der Waals surface area (Å²) in [6.45, 7) is 2.17. The Morgan fingerprint density at radius 1 is 1.17 bits per heavy atom. The summed E-state index contributed by atoms with van der Waals surface area (Å²) in [4.78, 5) is 11.7. The molecule has 5 nitrogen and oxygen atoms in total. The highest BCUT2D eigenvalue weighted by atomic mass is 35.5. The number of benzene rings is 2. The van der Waals surface area contributed by atoms with Gasteiger partial charge in [0.15, 0.2) is 0 Å². The molecule has 7 heteroatoms. The van der Waals surface area contributed by atoms with Crippen molar-refractivity contribution >= 4 is 27.6 Å². The maximum absolute atomic E-state index is 12.6. The molecule has 0 radical (unpaired) electrons. The third kappa shape index (κ3) is 4.35. The van der Waals surface area contributed by atoms with E-state index < -0.39 is 16.0 Å². The highest BCUT2D eigenvalue weighted by Crippen LogP contribution is 2.19. The zero-order valence-corrected chi connectivity index (χ0v) is 15.0. The van der Waals surface area contributed by atoms with E-state index in [0.29, 0.717) is 10.6 Å². The number of hydrogen-bond acceptors (Lipinski definition) is 4. The van der Waals surface area contributed by atoms with E-state index in [4.69, 9.17) is 16.3 Å². The Hall–Kier alpha value is -1.89. The zero-order chi connectivity index (χ0) is 17.7. The lowest BCUT2D eigenvalue weighted by Gasteiger charge is -2.17. The number of carbonyl (C=O) groups excluding carboxylic acids is 1.